The fourth-order valence-electron chi connectivity index (χ4n) is 3.74. The number of allylic oxidation sites excluding steroid dienone is 1. The molecule has 0 amide bonds. The van der Waals surface area contributed by atoms with Crippen LogP contribution in [0.2, 0.25) is 0 Å². The molecule has 148 valence electrons. The molecular weight excluding hydrogens is 378 g/mol. The fraction of sp³-hybridized carbons (Fsp3) is 0.250. The summed E-state index contributed by atoms with van der Waals surface area (Å²) in [4.78, 5) is 34.0. The van der Waals surface area contributed by atoms with E-state index in [9.17, 15) is 25.0 Å². The van der Waals surface area contributed by atoms with Crippen molar-refractivity contribution < 1.29 is 19.4 Å². The molecule has 0 saturated heterocycles. The van der Waals surface area contributed by atoms with Crippen LogP contribution in [0.15, 0.2) is 59.9 Å². The van der Waals surface area contributed by atoms with Gasteiger partial charge in [0.15, 0.2) is 12.0 Å². The van der Waals surface area contributed by atoms with E-state index in [1.807, 2.05) is 0 Å². The summed E-state index contributed by atoms with van der Waals surface area (Å²) in [5.41, 5.74) is 1.44. The van der Waals surface area contributed by atoms with Crippen LogP contribution < -0.4 is 5.32 Å². The smallest absolute Gasteiger partial charge is 0.269 e. The zero-order valence-corrected chi connectivity index (χ0v) is 15.2. The summed E-state index contributed by atoms with van der Waals surface area (Å²) in [6.45, 7) is 0. The Labute approximate surface area is 165 Å². The van der Waals surface area contributed by atoms with Gasteiger partial charge >= 0.3 is 0 Å². The third-order valence-corrected chi connectivity index (χ3v) is 5.07. The Morgan fingerprint density at radius 3 is 2.21 bits per heavy atom. The highest BCUT2D eigenvalue weighted by molar-refractivity contribution is 5.98. The zero-order chi connectivity index (χ0) is 20.5. The molecule has 0 aromatic heterocycles. The molecule has 2 unspecified atom stereocenters. The maximum absolute atomic E-state index is 12.6. The van der Waals surface area contributed by atoms with Crippen molar-refractivity contribution in [1.29, 1.82) is 0 Å². The number of carbonyl (C=O) groups is 1. The molecule has 2 atom stereocenters. The summed E-state index contributed by atoms with van der Waals surface area (Å²) in [5, 5.41) is 25.5. The van der Waals surface area contributed by atoms with Gasteiger partial charge in [-0.05, 0) is 12.0 Å². The molecule has 0 radical (unpaired) electrons. The van der Waals surface area contributed by atoms with E-state index in [4.69, 9.17) is 4.74 Å². The second kappa shape index (κ2) is 7.44. The molecule has 1 aliphatic carbocycles. The molecule has 9 heteroatoms. The average molecular weight is 395 g/mol. The lowest BCUT2D eigenvalue weighted by atomic mass is 9.86. The first kappa shape index (κ1) is 18.8. The van der Waals surface area contributed by atoms with Gasteiger partial charge in [-0.15, -0.1) is 0 Å². The topological polar surface area (TPSA) is 125 Å². The number of rotatable bonds is 4. The van der Waals surface area contributed by atoms with Crippen LogP contribution in [0, 0.1) is 20.2 Å². The van der Waals surface area contributed by atoms with Crippen molar-refractivity contribution in [3.8, 4) is 0 Å². The Morgan fingerprint density at radius 2 is 1.55 bits per heavy atom. The second-order valence-electron chi connectivity index (χ2n) is 6.92. The monoisotopic (exact) mass is 395 g/mol. The molecule has 1 N–H and O–H groups in total. The van der Waals surface area contributed by atoms with E-state index < -0.39 is 22.1 Å². The molecule has 29 heavy (non-hydrogen) atoms. The van der Waals surface area contributed by atoms with Crippen LogP contribution in [-0.4, -0.2) is 15.6 Å². The van der Waals surface area contributed by atoms with Gasteiger partial charge in [0.1, 0.15) is 5.76 Å². The Kier molecular flexibility index (Phi) is 4.81. The highest BCUT2D eigenvalue weighted by atomic mass is 16.6. The van der Waals surface area contributed by atoms with Crippen LogP contribution >= 0.6 is 0 Å². The number of ether oxygens (including phenoxy) is 1. The zero-order valence-electron chi connectivity index (χ0n) is 15.2. The average Bonchev–Trinajstić information content (AvgIpc) is 2.73. The van der Waals surface area contributed by atoms with E-state index in [1.165, 1.54) is 24.3 Å². The van der Waals surface area contributed by atoms with Crippen molar-refractivity contribution in [3.05, 3.63) is 91.2 Å². The van der Waals surface area contributed by atoms with E-state index in [2.05, 4.69) is 5.32 Å². The van der Waals surface area contributed by atoms with E-state index in [1.54, 1.807) is 24.3 Å². The van der Waals surface area contributed by atoms with Gasteiger partial charge in [-0.1, -0.05) is 24.3 Å². The predicted molar refractivity (Wildman–Crippen MR) is 102 cm³/mol. The van der Waals surface area contributed by atoms with Crippen molar-refractivity contribution in [2.45, 2.75) is 31.5 Å². The Hall–Kier alpha value is -3.59. The number of nitro groups is 2. The van der Waals surface area contributed by atoms with Crippen LogP contribution in [0.4, 0.5) is 11.4 Å². The number of non-ortho nitro benzene ring substituents is 2. The molecule has 0 fully saturated rings. The molecule has 0 bridgehead atoms. The Bertz CT molecular complexity index is 1050. The molecule has 2 aromatic carbocycles. The summed E-state index contributed by atoms with van der Waals surface area (Å²) in [6, 6.07) is 11.6. The first-order chi connectivity index (χ1) is 13.9. The third-order valence-electron chi connectivity index (χ3n) is 5.07. The van der Waals surface area contributed by atoms with Crippen LogP contribution in [-0.2, 0) is 9.53 Å². The lowest BCUT2D eigenvalue weighted by molar-refractivity contribution is -0.385. The first-order valence-electron chi connectivity index (χ1n) is 9.11. The van der Waals surface area contributed by atoms with E-state index >= 15 is 0 Å². The van der Waals surface area contributed by atoms with Crippen molar-refractivity contribution in [2.24, 2.45) is 0 Å². The third kappa shape index (κ3) is 3.59. The predicted octanol–water partition coefficient (Wildman–Crippen LogP) is 3.87. The molecular formula is C20H17N3O6. The quantitative estimate of drug-likeness (QED) is 0.615. The molecule has 1 aliphatic heterocycles. The minimum absolute atomic E-state index is 0.0623. The summed E-state index contributed by atoms with van der Waals surface area (Å²) in [6.07, 6.45) is 0.890. The van der Waals surface area contributed by atoms with Crippen LogP contribution in [0.1, 0.15) is 42.7 Å². The van der Waals surface area contributed by atoms with Gasteiger partial charge < -0.3 is 4.74 Å². The Morgan fingerprint density at radius 1 is 0.931 bits per heavy atom. The lowest BCUT2D eigenvalue weighted by Gasteiger charge is -2.37. The van der Waals surface area contributed by atoms with E-state index in [0.29, 0.717) is 41.7 Å². The normalized spacial score (nSPS) is 21.3. The number of Topliss-reactive ketones (excluding diaryl/α,β-unsaturated/α-hetero) is 1. The molecule has 0 saturated carbocycles. The maximum atomic E-state index is 12.6. The molecule has 4 rings (SSSR count). The first-order valence-corrected chi connectivity index (χ1v) is 9.11. The number of nitrogens with zero attached hydrogens (tertiary/aromatic N) is 2. The number of nitro benzene ring substituents is 2. The molecule has 2 aromatic rings. The van der Waals surface area contributed by atoms with Gasteiger partial charge in [-0.2, -0.15) is 0 Å². The summed E-state index contributed by atoms with van der Waals surface area (Å²) < 4.78 is 6.00. The van der Waals surface area contributed by atoms with Crippen molar-refractivity contribution in [3.63, 3.8) is 0 Å². The molecule has 2 aliphatic rings. The highest BCUT2D eigenvalue weighted by Gasteiger charge is 2.37. The van der Waals surface area contributed by atoms with Gasteiger partial charge in [0, 0.05) is 42.7 Å². The van der Waals surface area contributed by atoms with Gasteiger partial charge in [0.25, 0.3) is 11.4 Å². The fourth-order valence-corrected chi connectivity index (χ4v) is 3.74. The van der Waals surface area contributed by atoms with Crippen molar-refractivity contribution in [2.75, 3.05) is 0 Å². The summed E-state index contributed by atoms with van der Waals surface area (Å²) in [5.74, 6) is 0.473. The van der Waals surface area contributed by atoms with E-state index in [-0.39, 0.29) is 17.2 Å². The number of benzene rings is 2. The van der Waals surface area contributed by atoms with Gasteiger partial charge in [0.05, 0.1) is 21.5 Å². The number of ketones is 1. The van der Waals surface area contributed by atoms with Crippen LogP contribution in [0.5, 0.6) is 0 Å². The molecule has 1 heterocycles. The Balaban J connectivity index is 1.77. The van der Waals surface area contributed by atoms with Gasteiger partial charge in [0.2, 0.25) is 0 Å². The second-order valence-corrected chi connectivity index (χ2v) is 6.92. The van der Waals surface area contributed by atoms with Gasteiger partial charge in [-0.25, -0.2) is 0 Å². The maximum Gasteiger partial charge on any atom is 0.269 e. The number of nitrogens with one attached hydrogen (secondary N) is 1. The molecule has 9 nitrogen and oxygen atoms in total. The number of carbonyl (C=O) groups excluding carboxylic acids is 1. The highest BCUT2D eigenvalue weighted by Crippen LogP contribution is 2.41. The minimum atomic E-state index is -0.719. The van der Waals surface area contributed by atoms with Gasteiger partial charge in [-0.3, -0.25) is 30.3 Å². The van der Waals surface area contributed by atoms with Crippen LogP contribution in [0.25, 0.3) is 0 Å². The molecule has 0 spiro atoms. The van der Waals surface area contributed by atoms with Crippen molar-refractivity contribution in [1.82, 2.24) is 5.32 Å². The standard InChI is InChI=1S/C20H17N3O6/c24-16-8-3-9-17-18(16)19(12-4-1-6-14(10-12)22(25)26)21-20(29-17)13-5-2-7-15(11-13)23(27)28/h1-2,4-7,10-11,19-21H,3,8-9H2. The SMILES string of the molecule is O=C1CCCC2=C1C(c1cccc([N+](=O)[O-])c1)NC(c1cccc([N+](=O)[O-])c1)O2. The lowest BCUT2D eigenvalue weighted by Crippen LogP contribution is -2.38. The minimum Gasteiger partial charge on any atom is -0.475 e. The number of hydrogen-bond donors (Lipinski definition) is 1. The van der Waals surface area contributed by atoms with Crippen molar-refractivity contribution >= 4 is 17.2 Å². The van der Waals surface area contributed by atoms with Crippen LogP contribution in [0.3, 0.4) is 0 Å². The summed E-state index contributed by atoms with van der Waals surface area (Å²) in [7, 11) is 0. The largest absolute Gasteiger partial charge is 0.475 e. The summed E-state index contributed by atoms with van der Waals surface area (Å²) >= 11 is 0. The number of hydrogen-bond acceptors (Lipinski definition) is 7. The van der Waals surface area contributed by atoms with E-state index in [0.717, 1.165) is 0 Å².